The summed E-state index contributed by atoms with van der Waals surface area (Å²) < 4.78 is 7.82. The fourth-order valence-corrected chi connectivity index (χ4v) is 6.16. The predicted octanol–water partition coefficient (Wildman–Crippen LogP) is 5.24. The predicted molar refractivity (Wildman–Crippen MR) is 166 cm³/mol. The molecule has 42 heavy (non-hydrogen) atoms. The van der Waals surface area contributed by atoms with Gasteiger partial charge in [-0.3, -0.25) is 14.3 Å². The van der Waals surface area contributed by atoms with Crippen LogP contribution in [0.4, 0.5) is 5.69 Å². The Kier molecular flexibility index (Phi) is 9.61. The molecule has 218 valence electrons. The van der Waals surface area contributed by atoms with Crippen LogP contribution in [0.15, 0.2) is 78.0 Å². The van der Waals surface area contributed by atoms with Gasteiger partial charge in [-0.25, -0.2) is 0 Å². The molecule has 0 fully saturated rings. The molecule has 9 heteroatoms. The largest absolute Gasteiger partial charge is 0.493 e. The van der Waals surface area contributed by atoms with Crippen molar-refractivity contribution in [1.82, 2.24) is 15.1 Å². The van der Waals surface area contributed by atoms with Crippen molar-refractivity contribution in [1.29, 1.82) is 0 Å². The second-order valence-corrected chi connectivity index (χ2v) is 11.4. The third kappa shape index (κ3) is 6.86. The van der Waals surface area contributed by atoms with Crippen molar-refractivity contribution in [3.8, 4) is 16.9 Å². The molecular formula is C33H36N4O4S. The van der Waals surface area contributed by atoms with Gasteiger partial charge in [-0.2, -0.15) is 5.10 Å². The zero-order chi connectivity index (χ0) is 29.5. The van der Waals surface area contributed by atoms with E-state index in [9.17, 15) is 9.59 Å². The number of thioether (sulfide) groups is 1. The molecule has 4 aromatic rings. The summed E-state index contributed by atoms with van der Waals surface area (Å²) >= 11 is 1.77. The van der Waals surface area contributed by atoms with Crippen LogP contribution in [0.3, 0.4) is 0 Å². The van der Waals surface area contributed by atoms with E-state index >= 15 is 0 Å². The summed E-state index contributed by atoms with van der Waals surface area (Å²) in [5.41, 5.74) is 6.80. The van der Waals surface area contributed by atoms with E-state index in [1.165, 1.54) is 5.56 Å². The molecule has 0 spiro atoms. The Morgan fingerprint density at radius 1 is 1.10 bits per heavy atom. The van der Waals surface area contributed by atoms with Crippen LogP contribution in [-0.4, -0.2) is 58.8 Å². The minimum atomic E-state index is -0.215. The average Bonchev–Trinajstić information content (AvgIpc) is 3.47. The van der Waals surface area contributed by atoms with Gasteiger partial charge in [0, 0.05) is 53.0 Å². The molecule has 1 aliphatic rings. The first-order valence-corrected chi connectivity index (χ1v) is 15.2. The van der Waals surface area contributed by atoms with E-state index in [1.807, 2.05) is 64.4 Å². The van der Waals surface area contributed by atoms with Crippen LogP contribution < -0.4 is 15.0 Å². The van der Waals surface area contributed by atoms with Crippen LogP contribution >= 0.6 is 11.8 Å². The summed E-state index contributed by atoms with van der Waals surface area (Å²) in [7, 11) is 0. The fraction of sp³-hybridized carbons (Fsp3) is 0.303. The van der Waals surface area contributed by atoms with E-state index < -0.39 is 0 Å². The number of amides is 2. The number of nitrogens with one attached hydrogen (secondary N) is 1. The van der Waals surface area contributed by atoms with Gasteiger partial charge in [0.1, 0.15) is 5.75 Å². The van der Waals surface area contributed by atoms with Crippen LogP contribution in [0.5, 0.6) is 5.75 Å². The molecular weight excluding hydrogens is 548 g/mol. The molecule has 0 atom stereocenters. The van der Waals surface area contributed by atoms with E-state index in [2.05, 4.69) is 36.4 Å². The number of fused-ring (bicyclic) bond motifs is 1. The monoisotopic (exact) mass is 584 g/mol. The SMILES string of the molecule is Cc1cccc(OCCCC(=O)N2CCSc3c(-c4cnn(Cc5cccc(C(=O)NCCO)c5)c4)cccc32)c1C. The Bertz CT molecular complexity index is 1570. The topological polar surface area (TPSA) is 96.7 Å². The number of aryl methyl sites for hydroxylation is 1. The number of hydrogen-bond donors (Lipinski definition) is 2. The molecule has 0 saturated carbocycles. The van der Waals surface area contributed by atoms with Crippen molar-refractivity contribution >= 4 is 29.3 Å². The maximum atomic E-state index is 13.3. The number of benzene rings is 3. The van der Waals surface area contributed by atoms with Crippen molar-refractivity contribution in [3.05, 3.63) is 95.3 Å². The number of carbonyl (C=O) groups excluding carboxylic acids is 2. The van der Waals surface area contributed by atoms with E-state index in [0.717, 1.165) is 44.3 Å². The number of aliphatic hydroxyl groups is 1. The molecule has 2 amide bonds. The lowest BCUT2D eigenvalue weighted by Crippen LogP contribution is -2.35. The molecule has 0 saturated heterocycles. The normalized spacial score (nSPS) is 12.6. The van der Waals surface area contributed by atoms with Gasteiger partial charge in [-0.05, 0) is 61.2 Å². The van der Waals surface area contributed by atoms with Crippen LogP contribution in [0, 0.1) is 13.8 Å². The standard InChI is InChI=1S/C33H36N4O4S/c1-23-7-3-12-30(24(23)2)41-17-6-13-31(39)37-15-18-42-32-28(10-5-11-29(32)37)27-20-35-36(22-27)21-25-8-4-9-26(19-25)33(40)34-14-16-38/h3-5,7-12,19-20,22,38H,6,13-18,21H2,1-2H3,(H,34,40). The fourth-order valence-electron chi connectivity index (χ4n) is 5.01. The molecule has 3 aromatic carbocycles. The highest BCUT2D eigenvalue weighted by molar-refractivity contribution is 7.99. The van der Waals surface area contributed by atoms with Crippen molar-refractivity contribution in [2.45, 2.75) is 38.1 Å². The third-order valence-corrected chi connectivity index (χ3v) is 8.47. The Morgan fingerprint density at radius 3 is 2.79 bits per heavy atom. The van der Waals surface area contributed by atoms with Crippen molar-refractivity contribution in [2.24, 2.45) is 0 Å². The van der Waals surface area contributed by atoms with Gasteiger partial charge in [-0.1, -0.05) is 36.4 Å². The maximum Gasteiger partial charge on any atom is 0.251 e. The van der Waals surface area contributed by atoms with Crippen molar-refractivity contribution in [3.63, 3.8) is 0 Å². The van der Waals surface area contributed by atoms with E-state index in [-0.39, 0.29) is 25.0 Å². The van der Waals surface area contributed by atoms with Crippen LogP contribution in [0.2, 0.25) is 0 Å². The second kappa shape index (κ2) is 13.7. The summed E-state index contributed by atoms with van der Waals surface area (Å²) in [6.07, 6.45) is 4.93. The third-order valence-electron chi connectivity index (χ3n) is 7.37. The summed E-state index contributed by atoms with van der Waals surface area (Å²) in [6, 6.07) is 19.5. The maximum absolute atomic E-state index is 13.3. The number of aromatic nitrogens is 2. The van der Waals surface area contributed by atoms with Gasteiger partial charge in [0.2, 0.25) is 5.91 Å². The minimum absolute atomic E-state index is 0.0991. The molecule has 0 bridgehead atoms. The molecule has 1 aromatic heterocycles. The van der Waals surface area contributed by atoms with Crippen molar-refractivity contribution in [2.75, 3.05) is 37.0 Å². The molecule has 5 rings (SSSR count). The number of anilines is 1. The Hall–Kier alpha value is -4.08. The van der Waals surface area contributed by atoms with Gasteiger partial charge in [0.05, 0.1) is 31.6 Å². The number of aliphatic hydroxyl groups excluding tert-OH is 1. The van der Waals surface area contributed by atoms with E-state index in [4.69, 9.17) is 9.84 Å². The highest BCUT2D eigenvalue weighted by Crippen LogP contribution is 2.42. The number of carbonyl (C=O) groups is 2. The van der Waals surface area contributed by atoms with Crippen molar-refractivity contribution < 1.29 is 19.4 Å². The lowest BCUT2D eigenvalue weighted by atomic mass is 10.1. The van der Waals surface area contributed by atoms with Gasteiger partial charge >= 0.3 is 0 Å². The van der Waals surface area contributed by atoms with E-state index in [0.29, 0.717) is 38.1 Å². The Labute approximate surface area is 250 Å². The second-order valence-electron chi connectivity index (χ2n) is 10.3. The van der Waals surface area contributed by atoms with Crippen LogP contribution in [0.1, 0.15) is 39.9 Å². The lowest BCUT2D eigenvalue weighted by Gasteiger charge is -2.30. The van der Waals surface area contributed by atoms with E-state index in [1.54, 1.807) is 17.8 Å². The van der Waals surface area contributed by atoms with Gasteiger partial charge in [-0.15, -0.1) is 11.8 Å². The quantitative estimate of drug-likeness (QED) is 0.234. The minimum Gasteiger partial charge on any atom is -0.493 e. The first kappa shape index (κ1) is 29.4. The Balaban J connectivity index is 1.24. The summed E-state index contributed by atoms with van der Waals surface area (Å²) in [6.45, 7) is 5.94. The highest BCUT2D eigenvalue weighted by atomic mass is 32.2. The molecule has 0 aliphatic carbocycles. The summed E-state index contributed by atoms with van der Waals surface area (Å²) in [5.74, 6) is 1.60. The zero-order valence-electron chi connectivity index (χ0n) is 24.0. The smallest absolute Gasteiger partial charge is 0.251 e. The highest BCUT2D eigenvalue weighted by Gasteiger charge is 2.25. The first-order chi connectivity index (χ1) is 20.4. The van der Waals surface area contributed by atoms with Gasteiger partial charge in [0.25, 0.3) is 5.91 Å². The van der Waals surface area contributed by atoms with Crippen LogP contribution in [-0.2, 0) is 11.3 Å². The molecule has 0 radical (unpaired) electrons. The van der Waals surface area contributed by atoms with Gasteiger partial charge < -0.3 is 20.1 Å². The number of hydrogen-bond acceptors (Lipinski definition) is 6. The lowest BCUT2D eigenvalue weighted by molar-refractivity contribution is -0.118. The molecule has 1 aliphatic heterocycles. The zero-order valence-corrected chi connectivity index (χ0v) is 24.8. The molecule has 2 N–H and O–H groups in total. The van der Waals surface area contributed by atoms with Crippen LogP contribution in [0.25, 0.3) is 11.1 Å². The number of rotatable bonds is 11. The van der Waals surface area contributed by atoms with Gasteiger partial charge in [0.15, 0.2) is 0 Å². The number of nitrogens with zero attached hydrogens (tertiary/aromatic N) is 3. The average molecular weight is 585 g/mol. The molecule has 0 unspecified atom stereocenters. The summed E-state index contributed by atoms with van der Waals surface area (Å²) in [5, 5.41) is 16.2. The Morgan fingerprint density at radius 2 is 1.93 bits per heavy atom. The summed E-state index contributed by atoms with van der Waals surface area (Å²) in [4.78, 5) is 28.6. The molecule has 2 heterocycles. The number of ether oxygens (including phenoxy) is 1. The first-order valence-electron chi connectivity index (χ1n) is 14.2. The molecule has 8 nitrogen and oxygen atoms in total.